The fourth-order valence-electron chi connectivity index (χ4n) is 3.82. The number of carbonyl (C=O) groups is 1. The summed E-state index contributed by atoms with van der Waals surface area (Å²) in [5.41, 5.74) is 1.65. The third-order valence-corrected chi connectivity index (χ3v) is 7.60. The molecular weight excluding hydrogens is 489 g/mol. The molecule has 0 unspecified atom stereocenters. The molecule has 4 rings (SSSR count). The van der Waals surface area contributed by atoms with Crippen LogP contribution in [0.25, 0.3) is 0 Å². The van der Waals surface area contributed by atoms with E-state index in [0.29, 0.717) is 22.9 Å². The summed E-state index contributed by atoms with van der Waals surface area (Å²) in [5.74, 6) is -0.351. The molecule has 0 aliphatic heterocycles. The lowest BCUT2D eigenvalue weighted by atomic mass is 9.93. The zero-order chi connectivity index (χ0) is 23.6. The molecule has 11 heteroatoms. The van der Waals surface area contributed by atoms with Gasteiger partial charge < -0.3 is 9.84 Å². The molecule has 2 aromatic carbocycles. The van der Waals surface area contributed by atoms with Gasteiger partial charge in [-0.05, 0) is 55.7 Å². The van der Waals surface area contributed by atoms with Gasteiger partial charge in [0.15, 0.2) is 9.84 Å². The molecule has 8 nitrogen and oxygen atoms in total. The minimum absolute atomic E-state index is 0.00210. The molecule has 1 atom stereocenters. The molecular formula is C22H21Cl2N3O5S. The van der Waals surface area contributed by atoms with Crippen LogP contribution in [-0.2, 0) is 27.6 Å². The van der Waals surface area contributed by atoms with Crippen molar-refractivity contribution in [2.24, 2.45) is 0 Å². The summed E-state index contributed by atoms with van der Waals surface area (Å²) < 4.78 is 33.1. The van der Waals surface area contributed by atoms with Gasteiger partial charge in [-0.1, -0.05) is 23.2 Å². The van der Waals surface area contributed by atoms with Crippen LogP contribution in [0.3, 0.4) is 0 Å². The number of carboxylic acids is 1. The van der Waals surface area contributed by atoms with Crippen LogP contribution in [-0.4, -0.2) is 35.2 Å². The van der Waals surface area contributed by atoms with Gasteiger partial charge in [0.05, 0.1) is 16.1 Å². The second-order valence-electron chi connectivity index (χ2n) is 7.65. The number of hydrogen-bond acceptors (Lipinski definition) is 6. The van der Waals surface area contributed by atoms with Crippen molar-refractivity contribution in [1.82, 2.24) is 15.1 Å². The van der Waals surface area contributed by atoms with Gasteiger partial charge in [0, 0.05) is 28.4 Å². The van der Waals surface area contributed by atoms with Gasteiger partial charge in [-0.15, -0.1) is 0 Å². The first-order chi connectivity index (χ1) is 15.7. The number of fused-ring (bicyclic) bond motifs is 1. The first-order valence-electron chi connectivity index (χ1n) is 10.2. The standard InChI is InChI=1S/C22H21Cl2N3O5S/c23-14-4-6-15(7-5-14)32-16-8-9-21(18(24)10-16)33(30,31)13-25-19-2-1-3-20-17(19)11-26-27(20)12-22(28)29/h4-11,19,25H,1-3,12-13H2,(H,28,29)/t19-/m1/s1. The Bertz CT molecular complexity index is 1280. The van der Waals surface area contributed by atoms with E-state index in [1.807, 2.05) is 0 Å². The minimum atomic E-state index is -3.74. The Hall–Kier alpha value is -2.59. The Morgan fingerprint density at radius 3 is 2.61 bits per heavy atom. The summed E-state index contributed by atoms with van der Waals surface area (Å²) in [6.45, 7) is -0.222. The highest BCUT2D eigenvalue weighted by molar-refractivity contribution is 7.91. The van der Waals surface area contributed by atoms with Crippen molar-refractivity contribution in [3.8, 4) is 11.5 Å². The predicted octanol–water partition coefficient (Wildman–Crippen LogP) is 4.47. The lowest BCUT2D eigenvalue weighted by Crippen LogP contribution is -2.30. The van der Waals surface area contributed by atoms with E-state index < -0.39 is 15.8 Å². The fraction of sp³-hybridized carbons (Fsp3) is 0.273. The topological polar surface area (TPSA) is 111 Å². The van der Waals surface area contributed by atoms with E-state index in [9.17, 15) is 13.2 Å². The molecule has 174 valence electrons. The number of nitrogens with one attached hydrogen (secondary N) is 1. The van der Waals surface area contributed by atoms with E-state index in [1.54, 1.807) is 36.5 Å². The van der Waals surface area contributed by atoms with Crippen LogP contribution in [0, 0.1) is 0 Å². The third kappa shape index (κ3) is 5.50. The maximum absolute atomic E-state index is 13.0. The van der Waals surface area contributed by atoms with Crippen LogP contribution in [0.2, 0.25) is 10.0 Å². The van der Waals surface area contributed by atoms with Crippen LogP contribution in [0.4, 0.5) is 0 Å². The number of halogens is 2. The van der Waals surface area contributed by atoms with Gasteiger partial charge in [0.25, 0.3) is 0 Å². The molecule has 1 aliphatic rings. The molecule has 0 saturated heterocycles. The lowest BCUT2D eigenvalue weighted by molar-refractivity contribution is -0.137. The van der Waals surface area contributed by atoms with Gasteiger partial charge in [-0.2, -0.15) is 5.10 Å². The van der Waals surface area contributed by atoms with E-state index in [1.165, 1.54) is 16.8 Å². The van der Waals surface area contributed by atoms with Gasteiger partial charge in [-0.25, -0.2) is 8.42 Å². The average Bonchev–Trinajstić information content (AvgIpc) is 3.16. The number of ether oxygens (including phenoxy) is 1. The molecule has 0 fully saturated rings. The van der Waals surface area contributed by atoms with Crippen molar-refractivity contribution in [1.29, 1.82) is 0 Å². The third-order valence-electron chi connectivity index (χ3n) is 5.36. The van der Waals surface area contributed by atoms with Gasteiger partial charge in [-0.3, -0.25) is 14.8 Å². The quantitative estimate of drug-likeness (QED) is 0.460. The smallest absolute Gasteiger partial charge is 0.325 e. The summed E-state index contributed by atoms with van der Waals surface area (Å²) in [7, 11) is -3.74. The van der Waals surface area contributed by atoms with Crippen molar-refractivity contribution in [3.05, 3.63) is 70.0 Å². The fourth-order valence-corrected chi connectivity index (χ4v) is 5.68. The highest BCUT2D eigenvalue weighted by Gasteiger charge is 2.27. The van der Waals surface area contributed by atoms with Crippen molar-refractivity contribution in [3.63, 3.8) is 0 Å². The highest BCUT2D eigenvalue weighted by Crippen LogP contribution is 2.32. The molecule has 33 heavy (non-hydrogen) atoms. The number of hydrogen-bond donors (Lipinski definition) is 2. The number of aliphatic carboxylic acids is 1. The summed E-state index contributed by atoms with van der Waals surface area (Å²) in [5, 5.41) is 16.9. The van der Waals surface area contributed by atoms with Crippen LogP contribution in [0.15, 0.2) is 53.6 Å². The predicted molar refractivity (Wildman–Crippen MR) is 124 cm³/mol. The molecule has 2 N–H and O–H groups in total. The second kappa shape index (κ2) is 9.72. The minimum Gasteiger partial charge on any atom is -0.480 e. The van der Waals surface area contributed by atoms with E-state index >= 15 is 0 Å². The molecule has 1 aliphatic carbocycles. The summed E-state index contributed by atoms with van der Waals surface area (Å²) in [6.07, 6.45) is 3.84. The lowest BCUT2D eigenvalue weighted by Gasteiger charge is -2.24. The van der Waals surface area contributed by atoms with E-state index in [-0.39, 0.29) is 28.4 Å². The molecule has 1 aromatic heterocycles. The van der Waals surface area contributed by atoms with Gasteiger partial charge in [0.2, 0.25) is 0 Å². The monoisotopic (exact) mass is 509 g/mol. The molecule has 0 radical (unpaired) electrons. The van der Waals surface area contributed by atoms with Crippen LogP contribution >= 0.6 is 23.2 Å². The first kappa shape index (κ1) is 23.6. The van der Waals surface area contributed by atoms with Crippen LogP contribution in [0.5, 0.6) is 11.5 Å². The summed E-state index contributed by atoms with van der Waals surface area (Å²) in [4.78, 5) is 11.0. The van der Waals surface area contributed by atoms with Gasteiger partial charge in [0.1, 0.15) is 23.9 Å². The normalized spacial score (nSPS) is 15.8. The molecule has 0 bridgehead atoms. The van der Waals surface area contributed by atoms with E-state index in [2.05, 4.69) is 10.4 Å². The Labute approximate surface area is 201 Å². The zero-order valence-electron chi connectivity index (χ0n) is 17.4. The number of benzene rings is 2. The van der Waals surface area contributed by atoms with Crippen molar-refractivity contribution < 1.29 is 23.1 Å². The average molecular weight is 510 g/mol. The highest BCUT2D eigenvalue weighted by atomic mass is 35.5. The van der Waals surface area contributed by atoms with Crippen molar-refractivity contribution in [2.45, 2.75) is 36.7 Å². The maximum atomic E-state index is 13.0. The summed E-state index contributed by atoms with van der Waals surface area (Å²) in [6, 6.07) is 10.9. The van der Waals surface area contributed by atoms with E-state index in [4.69, 9.17) is 33.0 Å². The Morgan fingerprint density at radius 2 is 1.91 bits per heavy atom. The van der Waals surface area contributed by atoms with Crippen LogP contribution in [0.1, 0.15) is 30.1 Å². The molecule has 3 aromatic rings. The van der Waals surface area contributed by atoms with Gasteiger partial charge >= 0.3 is 5.97 Å². The SMILES string of the molecule is O=C(O)Cn1ncc2c1CCC[C@H]2NCS(=O)(=O)c1ccc(Oc2ccc(Cl)cc2)cc1Cl. The maximum Gasteiger partial charge on any atom is 0.325 e. The number of nitrogens with zero attached hydrogens (tertiary/aromatic N) is 2. The first-order valence-corrected chi connectivity index (χ1v) is 12.6. The van der Waals surface area contributed by atoms with Crippen molar-refractivity contribution in [2.75, 3.05) is 5.88 Å². The number of aromatic nitrogens is 2. The Kier molecular flexibility index (Phi) is 6.94. The van der Waals surface area contributed by atoms with Crippen LogP contribution < -0.4 is 10.1 Å². The number of rotatable bonds is 8. The molecule has 0 amide bonds. The summed E-state index contributed by atoms with van der Waals surface area (Å²) >= 11 is 12.2. The molecule has 0 saturated carbocycles. The Morgan fingerprint density at radius 1 is 1.18 bits per heavy atom. The zero-order valence-corrected chi connectivity index (χ0v) is 19.7. The Balaban J connectivity index is 1.46. The second-order valence-corrected chi connectivity index (χ2v) is 10.5. The van der Waals surface area contributed by atoms with Crippen molar-refractivity contribution >= 4 is 39.0 Å². The number of carboxylic acid groups (broad SMARTS) is 1. The molecule has 1 heterocycles. The van der Waals surface area contributed by atoms with E-state index in [0.717, 1.165) is 24.1 Å². The number of sulfone groups is 1. The largest absolute Gasteiger partial charge is 0.480 e. The molecule has 0 spiro atoms.